The van der Waals surface area contributed by atoms with Crippen LogP contribution in [0.3, 0.4) is 0 Å². The number of thiophene rings is 2. The summed E-state index contributed by atoms with van der Waals surface area (Å²) in [5.74, 6) is 0. The quantitative estimate of drug-likeness (QED) is 0.718. The van der Waals surface area contributed by atoms with Gasteiger partial charge in [-0.3, -0.25) is 0 Å². The average Bonchev–Trinajstić information content (AvgIpc) is 3.04. The SMILES string of the molecule is c1csc(Cc2cc[nH]c2Cc2cccs2)c1. The van der Waals surface area contributed by atoms with Crippen LogP contribution in [0.2, 0.25) is 0 Å². The molecule has 0 saturated carbocycles. The molecule has 1 nitrogen and oxygen atoms in total. The van der Waals surface area contributed by atoms with Gasteiger partial charge < -0.3 is 4.98 Å². The lowest BCUT2D eigenvalue weighted by Gasteiger charge is -2.01. The van der Waals surface area contributed by atoms with Crippen molar-refractivity contribution in [3.8, 4) is 0 Å². The summed E-state index contributed by atoms with van der Waals surface area (Å²) in [6, 6.07) is 10.8. The largest absolute Gasteiger partial charge is 0.364 e. The van der Waals surface area contributed by atoms with Crippen LogP contribution in [0.5, 0.6) is 0 Å². The van der Waals surface area contributed by atoms with Crippen LogP contribution in [0, 0.1) is 0 Å². The minimum atomic E-state index is 1.02. The summed E-state index contributed by atoms with van der Waals surface area (Å²) in [6.45, 7) is 0. The molecule has 0 unspecified atom stereocenters. The summed E-state index contributed by atoms with van der Waals surface area (Å²) in [5.41, 5.74) is 2.77. The molecule has 3 aromatic heterocycles. The maximum absolute atomic E-state index is 3.37. The molecule has 0 aliphatic rings. The van der Waals surface area contributed by atoms with Gasteiger partial charge in [0.1, 0.15) is 0 Å². The van der Waals surface area contributed by atoms with Crippen molar-refractivity contribution >= 4 is 22.7 Å². The lowest BCUT2D eigenvalue weighted by Crippen LogP contribution is -1.92. The Hall–Kier alpha value is -1.32. The molecule has 0 radical (unpaired) electrons. The van der Waals surface area contributed by atoms with E-state index in [2.05, 4.69) is 46.1 Å². The number of hydrogen-bond donors (Lipinski definition) is 1. The average molecular weight is 259 g/mol. The minimum Gasteiger partial charge on any atom is -0.364 e. The van der Waals surface area contributed by atoms with Crippen LogP contribution >= 0.6 is 22.7 Å². The van der Waals surface area contributed by atoms with Gasteiger partial charge in [0.25, 0.3) is 0 Å². The summed E-state index contributed by atoms with van der Waals surface area (Å²) < 4.78 is 0. The molecule has 3 rings (SSSR count). The van der Waals surface area contributed by atoms with E-state index in [0.29, 0.717) is 0 Å². The Morgan fingerprint density at radius 2 is 1.59 bits per heavy atom. The molecular weight excluding hydrogens is 246 g/mol. The van der Waals surface area contributed by atoms with Gasteiger partial charge in [0.05, 0.1) is 0 Å². The van der Waals surface area contributed by atoms with Gasteiger partial charge in [-0.2, -0.15) is 0 Å². The Balaban J connectivity index is 1.79. The summed E-state index contributed by atoms with van der Waals surface area (Å²) in [4.78, 5) is 6.21. The monoisotopic (exact) mass is 259 g/mol. The third-order valence-corrected chi connectivity index (χ3v) is 4.56. The first-order chi connectivity index (χ1) is 8.42. The van der Waals surface area contributed by atoms with Crippen molar-refractivity contribution in [2.24, 2.45) is 0 Å². The Kier molecular flexibility index (Phi) is 3.12. The maximum Gasteiger partial charge on any atom is 0.0236 e. The second-order valence-electron chi connectivity index (χ2n) is 3.99. The zero-order chi connectivity index (χ0) is 11.5. The second-order valence-corrected chi connectivity index (χ2v) is 6.06. The molecule has 0 fully saturated rings. The topological polar surface area (TPSA) is 15.8 Å². The van der Waals surface area contributed by atoms with Gasteiger partial charge in [-0.25, -0.2) is 0 Å². The smallest absolute Gasteiger partial charge is 0.0236 e. The van der Waals surface area contributed by atoms with Crippen molar-refractivity contribution in [2.75, 3.05) is 0 Å². The van der Waals surface area contributed by atoms with Gasteiger partial charge in [0.15, 0.2) is 0 Å². The number of aromatic nitrogens is 1. The van der Waals surface area contributed by atoms with E-state index in [0.717, 1.165) is 12.8 Å². The van der Waals surface area contributed by atoms with Crippen molar-refractivity contribution in [1.29, 1.82) is 0 Å². The van der Waals surface area contributed by atoms with Gasteiger partial charge in [-0.1, -0.05) is 12.1 Å². The maximum atomic E-state index is 3.37. The van der Waals surface area contributed by atoms with E-state index in [4.69, 9.17) is 0 Å². The van der Waals surface area contributed by atoms with Crippen molar-refractivity contribution in [2.45, 2.75) is 12.8 Å². The standard InChI is InChI=1S/C14H13NS2/c1-3-12(16-7-1)9-11-5-6-15-14(11)10-13-4-2-8-17-13/h1-8,15H,9-10H2. The van der Waals surface area contributed by atoms with E-state index in [-0.39, 0.29) is 0 Å². The van der Waals surface area contributed by atoms with E-state index >= 15 is 0 Å². The van der Waals surface area contributed by atoms with Crippen molar-refractivity contribution in [3.63, 3.8) is 0 Å². The number of H-pyrrole nitrogens is 1. The summed E-state index contributed by atoms with van der Waals surface area (Å²) in [7, 11) is 0. The van der Waals surface area contributed by atoms with Crippen LogP contribution in [0.25, 0.3) is 0 Å². The van der Waals surface area contributed by atoms with E-state index in [9.17, 15) is 0 Å². The zero-order valence-corrected chi connectivity index (χ0v) is 11.0. The summed E-state index contributed by atoms with van der Waals surface area (Å²) >= 11 is 3.65. The predicted molar refractivity (Wildman–Crippen MR) is 75.0 cm³/mol. The number of nitrogens with one attached hydrogen (secondary N) is 1. The van der Waals surface area contributed by atoms with Gasteiger partial charge >= 0.3 is 0 Å². The highest BCUT2D eigenvalue weighted by atomic mass is 32.1. The highest BCUT2D eigenvalue weighted by Crippen LogP contribution is 2.21. The lowest BCUT2D eigenvalue weighted by molar-refractivity contribution is 1.08. The molecule has 0 spiro atoms. The molecule has 3 heteroatoms. The van der Waals surface area contributed by atoms with E-state index in [1.165, 1.54) is 21.0 Å². The first kappa shape index (κ1) is 10.8. The molecule has 0 saturated heterocycles. The number of aromatic amines is 1. The Labute approximate surface area is 109 Å². The van der Waals surface area contributed by atoms with E-state index in [1.54, 1.807) is 0 Å². The fourth-order valence-corrected chi connectivity index (χ4v) is 3.40. The molecule has 3 aromatic rings. The highest BCUT2D eigenvalue weighted by Gasteiger charge is 2.06. The van der Waals surface area contributed by atoms with Crippen LogP contribution in [0.15, 0.2) is 47.3 Å². The molecule has 0 aliphatic carbocycles. The van der Waals surface area contributed by atoms with Gasteiger partial charge in [-0.15, -0.1) is 22.7 Å². The molecular formula is C14H13NS2. The van der Waals surface area contributed by atoms with Crippen molar-refractivity contribution in [1.82, 2.24) is 4.98 Å². The highest BCUT2D eigenvalue weighted by molar-refractivity contribution is 7.10. The van der Waals surface area contributed by atoms with Crippen LogP contribution in [-0.4, -0.2) is 4.98 Å². The number of hydrogen-bond acceptors (Lipinski definition) is 2. The second kappa shape index (κ2) is 4.90. The molecule has 0 atom stereocenters. The van der Waals surface area contributed by atoms with Crippen molar-refractivity contribution < 1.29 is 0 Å². The van der Waals surface area contributed by atoms with Crippen LogP contribution in [-0.2, 0) is 12.8 Å². The van der Waals surface area contributed by atoms with Gasteiger partial charge in [-0.05, 0) is 34.5 Å². The molecule has 0 bridgehead atoms. The molecule has 0 amide bonds. The number of rotatable bonds is 4. The normalized spacial score (nSPS) is 10.8. The van der Waals surface area contributed by atoms with E-state index < -0.39 is 0 Å². The Morgan fingerprint density at radius 1 is 0.882 bits per heavy atom. The first-order valence-corrected chi connectivity index (χ1v) is 7.37. The van der Waals surface area contributed by atoms with Crippen LogP contribution in [0.4, 0.5) is 0 Å². The first-order valence-electron chi connectivity index (χ1n) is 5.62. The van der Waals surface area contributed by atoms with Gasteiger partial charge in [0.2, 0.25) is 0 Å². The lowest BCUT2D eigenvalue weighted by atomic mass is 10.1. The molecule has 0 aliphatic heterocycles. The summed E-state index contributed by atoms with van der Waals surface area (Å²) in [6.07, 6.45) is 4.11. The third kappa shape index (κ3) is 2.51. The molecule has 0 aromatic carbocycles. The van der Waals surface area contributed by atoms with Crippen molar-refractivity contribution in [3.05, 3.63) is 68.3 Å². The third-order valence-electron chi connectivity index (χ3n) is 2.81. The molecule has 1 N–H and O–H groups in total. The predicted octanol–water partition coefficient (Wildman–Crippen LogP) is 4.32. The fraction of sp³-hybridized carbons (Fsp3) is 0.143. The fourth-order valence-electron chi connectivity index (χ4n) is 1.95. The van der Waals surface area contributed by atoms with E-state index in [1.807, 2.05) is 28.9 Å². The zero-order valence-electron chi connectivity index (χ0n) is 9.35. The summed E-state index contributed by atoms with van der Waals surface area (Å²) in [5, 5.41) is 4.28. The Bertz CT molecular complexity index is 510. The minimum absolute atomic E-state index is 1.02. The van der Waals surface area contributed by atoms with Gasteiger partial charge in [0, 0.05) is 34.5 Å². The van der Waals surface area contributed by atoms with Crippen LogP contribution < -0.4 is 0 Å². The molecule has 17 heavy (non-hydrogen) atoms. The van der Waals surface area contributed by atoms with Crippen LogP contribution in [0.1, 0.15) is 21.0 Å². The Morgan fingerprint density at radius 3 is 2.24 bits per heavy atom. The molecule has 3 heterocycles. The molecule has 86 valence electrons.